The normalized spacial score (nSPS) is 18.4. The van der Waals surface area contributed by atoms with Gasteiger partial charge in [-0.25, -0.2) is 5.01 Å². The molecule has 0 aromatic rings. The van der Waals surface area contributed by atoms with E-state index in [-0.39, 0.29) is 0 Å². The lowest BCUT2D eigenvalue weighted by molar-refractivity contribution is 0.0263. The lowest BCUT2D eigenvalue weighted by atomic mass is 10.3. The molecule has 1 heterocycles. The first-order chi connectivity index (χ1) is 8.92. The highest BCUT2D eigenvalue weighted by atomic mass is 32.2. The van der Waals surface area contributed by atoms with E-state index in [1.807, 2.05) is 0 Å². The largest absolute Gasteiger partial charge is 0.379 e. The van der Waals surface area contributed by atoms with Gasteiger partial charge in [-0.3, -0.25) is 0 Å². The van der Waals surface area contributed by atoms with Gasteiger partial charge in [0.15, 0.2) is 0 Å². The first-order valence-corrected chi connectivity index (χ1v) is 8.15. The van der Waals surface area contributed by atoms with Crippen LogP contribution >= 0.6 is 0 Å². The summed E-state index contributed by atoms with van der Waals surface area (Å²) in [5.41, 5.74) is 0. The van der Waals surface area contributed by atoms with Crippen LogP contribution in [0.25, 0.3) is 0 Å². The van der Waals surface area contributed by atoms with Crippen LogP contribution in [0.5, 0.6) is 0 Å². The molecule has 0 saturated carbocycles. The molecule has 0 spiro atoms. The summed E-state index contributed by atoms with van der Waals surface area (Å²) in [7, 11) is -1.84. The predicted octanol–water partition coefficient (Wildman–Crippen LogP) is -0.612. The predicted molar refractivity (Wildman–Crippen MR) is 74.8 cm³/mol. The maximum atomic E-state index is 12.0. The Morgan fingerprint density at radius 1 is 1.32 bits per heavy atom. The Hall–Kier alpha value is -0.250. The van der Waals surface area contributed by atoms with Crippen LogP contribution in [0, 0.1) is 0 Å². The smallest absolute Gasteiger partial charge is 0.292 e. The van der Waals surface area contributed by atoms with Crippen molar-refractivity contribution in [2.75, 3.05) is 46.4 Å². The molecule has 0 unspecified atom stereocenters. The third-order valence-corrected chi connectivity index (χ3v) is 4.36. The second-order valence-electron chi connectivity index (χ2n) is 4.98. The third-order valence-electron chi connectivity index (χ3n) is 2.87. The van der Waals surface area contributed by atoms with Gasteiger partial charge in [0.2, 0.25) is 0 Å². The van der Waals surface area contributed by atoms with Gasteiger partial charge in [-0.15, -0.1) is 4.83 Å². The average Bonchev–Trinajstić information content (AvgIpc) is 2.34. The molecule has 114 valence electrons. The van der Waals surface area contributed by atoms with Gasteiger partial charge < -0.3 is 10.1 Å². The molecule has 7 nitrogen and oxygen atoms in total. The average molecular weight is 294 g/mol. The zero-order valence-corrected chi connectivity index (χ0v) is 12.9. The molecule has 0 radical (unpaired) electrons. The number of hydrogen-bond donors (Lipinski definition) is 2. The van der Waals surface area contributed by atoms with Crippen LogP contribution in [0.2, 0.25) is 0 Å². The van der Waals surface area contributed by atoms with Crippen molar-refractivity contribution in [3.63, 3.8) is 0 Å². The molecule has 0 atom stereocenters. The van der Waals surface area contributed by atoms with E-state index in [1.165, 1.54) is 4.31 Å². The topological polar surface area (TPSA) is 73.9 Å². The number of nitrogens with one attached hydrogen (secondary N) is 2. The van der Waals surface area contributed by atoms with Crippen LogP contribution < -0.4 is 10.1 Å². The highest BCUT2D eigenvalue weighted by molar-refractivity contribution is 7.87. The zero-order chi connectivity index (χ0) is 14.3. The number of ether oxygens (including phenoxy) is 1. The lowest BCUT2D eigenvalue weighted by Crippen LogP contribution is -2.52. The molecule has 1 fully saturated rings. The summed E-state index contributed by atoms with van der Waals surface area (Å²) in [6, 6.07) is 0.424. The van der Waals surface area contributed by atoms with E-state index in [0.717, 1.165) is 13.0 Å². The molecule has 0 bridgehead atoms. The molecular formula is C11H26N4O3S. The second-order valence-corrected chi connectivity index (χ2v) is 6.74. The molecular weight excluding hydrogens is 268 g/mol. The lowest BCUT2D eigenvalue weighted by Gasteiger charge is -2.29. The van der Waals surface area contributed by atoms with Crippen LogP contribution in [-0.4, -0.2) is 70.2 Å². The molecule has 19 heavy (non-hydrogen) atoms. The van der Waals surface area contributed by atoms with Crippen LogP contribution in [0.4, 0.5) is 0 Å². The van der Waals surface area contributed by atoms with E-state index < -0.39 is 10.2 Å². The highest BCUT2D eigenvalue weighted by Crippen LogP contribution is 2.00. The number of morpholine rings is 1. The van der Waals surface area contributed by atoms with Crippen molar-refractivity contribution < 1.29 is 13.2 Å². The van der Waals surface area contributed by atoms with Crippen molar-refractivity contribution >= 4 is 10.2 Å². The molecule has 1 aliphatic heterocycles. The summed E-state index contributed by atoms with van der Waals surface area (Å²) in [6.07, 6.45) is 0.790. The molecule has 0 aromatic heterocycles. The van der Waals surface area contributed by atoms with Gasteiger partial charge in [0.1, 0.15) is 0 Å². The Morgan fingerprint density at radius 2 is 1.95 bits per heavy atom. The first-order valence-electron chi connectivity index (χ1n) is 6.71. The van der Waals surface area contributed by atoms with Crippen molar-refractivity contribution in [3.8, 4) is 0 Å². The van der Waals surface area contributed by atoms with E-state index in [9.17, 15) is 8.42 Å². The van der Waals surface area contributed by atoms with E-state index in [4.69, 9.17) is 4.74 Å². The van der Waals surface area contributed by atoms with Crippen LogP contribution in [0.1, 0.15) is 20.3 Å². The molecule has 0 aliphatic carbocycles. The monoisotopic (exact) mass is 294 g/mol. The molecule has 8 heteroatoms. The minimum absolute atomic E-state index is 0.424. The van der Waals surface area contributed by atoms with Crippen LogP contribution in [0.3, 0.4) is 0 Å². The van der Waals surface area contributed by atoms with Gasteiger partial charge >= 0.3 is 0 Å². The molecule has 0 aromatic carbocycles. The van der Waals surface area contributed by atoms with Gasteiger partial charge in [0.25, 0.3) is 10.2 Å². The summed E-state index contributed by atoms with van der Waals surface area (Å²) in [5.74, 6) is 0. The van der Waals surface area contributed by atoms with E-state index in [0.29, 0.717) is 38.9 Å². The molecule has 2 N–H and O–H groups in total. The minimum atomic E-state index is -3.43. The zero-order valence-electron chi connectivity index (χ0n) is 12.1. The van der Waals surface area contributed by atoms with Crippen molar-refractivity contribution in [2.45, 2.75) is 26.3 Å². The van der Waals surface area contributed by atoms with E-state index in [2.05, 4.69) is 24.0 Å². The summed E-state index contributed by atoms with van der Waals surface area (Å²) in [5, 5.41) is 4.95. The standard InChI is InChI=1S/C11H26N4O3S/c1-11(2)12-5-4-6-14(3)19(16,17)13-15-7-9-18-10-8-15/h11-13H,4-10H2,1-3H3. The van der Waals surface area contributed by atoms with Crippen molar-refractivity contribution in [1.29, 1.82) is 0 Å². The third kappa shape index (κ3) is 6.64. The van der Waals surface area contributed by atoms with Gasteiger partial charge in [-0.2, -0.15) is 12.7 Å². The Bertz CT molecular complexity index is 342. The Morgan fingerprint density at radius 3 is 2.53 bits per heavy atom. The maximum absolute atomic E-state index is 12.0. The number of hydrazine groups is 1. The Kier molecular flexibility index (Phi) is 7.19. The van der Waals surface area contributed by atoms with Gasteiger partial charge in [-0.1, -0.05) is 13.8 Å². The fraction of sp³-hybridized carbons (Fsp3) is 1.00. The van der Waals surface area contributed by atoms with E-state index >= 15 is 0 Å². The summed E-state index contributed by atoms with van der Waals surface area (Å²) < 4.78 is 30.6. The fourth-order valence-corrected chi connectivity index (χ4v) is 2.72. The second kappa shape index (κ2) is 8.13. The molecule has 0 amide bonds. The quantitative estimate of drug-likeness (QED) is 0.584. The summed E-state index contributed by atoms with van der Waals surface area (Å²) in [4.78, 5) is 2.58. The Labute approximate surface area is 116 Å². The van der Waals surface area contributed by atoms with Crippen LogP contribution in [0.15, 0.2) is 0 Å². The van der Waals surface area contributed by atoms with Crippen molar-refractivity contribution in [2.24, 2.45) is 0 Å². The van der Waals surface area contributed by atoms with Gasteiger partial charge in [0.05, 0.1) is 13.2 Å². The SMILES string of the molecule is CC(C)NCCCN(C)S(=O)(=O)NN1CCOCC1. The molecule has 1 rings (SSSR count). The molecule has 1 aliphatic rings. The molecule has 1 saturated heterocycles. The number of nitrogens with zero attached hydrogens (tertiary/aromatic N) is 2. The fourth-order valence-electron chi connectivity index (χ4n) is 1.70. The number of hydrogen-bond acceptors (Lipinski definition) is 5. The van der Waals surface area contributed by atoms with Gasteiger partial charge in [0, 0.05) is 32.7 Å². The summed E-state index contributed by atoms with van der Waals surface area (Å²) in [6.45, 7) is 7.74. The summed E-state index contributed by atoms with van der Waals surface area (Å²) >= 11 is 0. The Balaban J connectivity index is 2.30. The first kappa shape index (κ1) is 16.8. The van der Waals surface area contributed by atoms with Crippen molar-refractivity contribution in [3.05, 3.63) is 0 Å². The van der Waals surface area contributed by atoms with E-state index in [1.54, 1.807) is 12.1 Å². The number of rotatable bonds is 8. The highest BCUT2D eigenvalue weighted by Gasteiger charge is 2.21. The van der Waals surface area contributed by atoms with Crippen molar-refractivity contribution in [1.82, 2.24) is 19.5 Å². The maximum Gasteiger partial charge on any atom is 0.292 e. The van der Waals surface area contributed by atoms with Crippen LogP contribution in [-0.2, 0) is 14.9 Å². The van der Waals surface area contributed by atoms with Gasteiger partial charge in [-0.05, 0) is 13.0 Å². The minimum Gasteiger partial charge on any atom is -0.379 e.